The Kier molecular flexibility index (Phi) is 5.55. The van der Waals surface area contributed by atoms with Crippen molar-refractivity contribution < 1.29 is 8.78 Å². The van der Waals surface area contributed by atoms with Crippen molar-refractivity contribution in [2.75, 3.05) is 41.3 Å². The monoisotopic (exact) mass is 395 g/mol. The van der Waals surface area contributed by atoms with Crippen molar-refractivity contribution in [2.24, 2.45) is 0 Å². The lowest BCUT2D eigenvalue weighted by Crippen LogP contribution is -2.47. The highest BCUT2D eigenvalue weighted by molar-refractivity contribution is 5.50. The smallest absolute Gasteiger partial charge is 0.227 e. The van der Waals surface area contributed by atoms with Crippen LogP contribution in [0.3, 0.4) is 0 Å². The van der Waals surface area contributed by atoms with Crippen LogP contribution in [0, 0.1) is 18.6 Å². The molecule has 0 atom stereocenters. The molecular weight excluding hydrogens is 372 g/mol. The van der Waals surface area contributed by atoms with Crippen LogP contribution in [0.5, 0.6) is 0 Å². The first kappa shape index (κ1) is 19.1. The van der Waals surface area contributed by atoms with E-state index in [1.807, 2.05) is 30.0 Å². The van der Waals surface area contributed by atoms with E-state index in [9.17, 15) is 8.78 Å². The van der Waals surface area contributed by atoms with Gasteiger partial charge in [0.05, 0.1) is 5.69 Å². The highest BCUT2D eigenvalue weighted by atomic mass is 19.1. The van der Waals surface area contributed by atoms with Gasteiger partial charge >= 0.3 is 0 Å². The number of nitrogens with zero attached hydrogens (tertiary/aromatic N) is 4. The molecule has 0 amide bonds. The van der Waals surface area contributed by atoms with Crippen LogP contribution in [-0.2, 0) is 6.54 Å². The van der Waals surface area contributed by atoms with Gasteiger partial charge in [0.1, 0.15) is 17.5 Å². The second kappa shape index (κ2) is 8.43. The maximum absolute atomic E-state index is 14.0. The molecule has 0 unspecified atom stereocenters. The van der Waals surface area contributed by atoms with E-state index >= 15 is 0 Å². The molecule has 1 N–H and O–H groups in total. The first-order valence-electron chi connectivity index (χ1n) is 9.67. The summed E-state index contributed by atoms with van der Waals surface area (Å²) in [6.45, 7) is 5.04. The first-order valence-corrected chi connectivity index (χ1v) is 9.67. The molecule has 2 heterocycles. The summed E-state index contributed by atoms with van der Waals surface area (Å²) in [5.74, 6) is 0.851. The number of hydrogen-bond acceptors (Lipinski definition) is 5. The molecule has 1 aliphatic heterocycles. The molecule has 0 aliphatic carbocycles. The Labute approximate surface area is 169 Å². The normalized spacial score (nSPS) is 14.2. The third-order valence-corrected chi connectivity index (χ3v) is 5.02. The lowest BCUT2D eigenvalue weighted by molar-refractivity contribution is 0.594. The standard InChI is InChI=1S/C22H23F2N5/c1-16-14-21(25-15-17-6-2-3-7-18(17)23)27-22(26-16)29-12-10-28(11-13-29)20-9-5-4-8-19(20)24/h2-9,14H,10-13,15H2,1H3,(H,25,26,27). The summed E-state index contributed by atoms with van der Waals surface area (Å²) in [6.07, 6.45) is 0. The van der Waals surface area contributed by atoms with Crippen molar-refractivity contribution in [2.45, 2.75) is 13.5 Å². The Morgan fingerprint density at radius 3 is 2.24 bits per heavy atom. The summed E-state index contributed by atoms with van der Waals surface area (Å²) in [7, 11) is 0. The molecule has 7 heteroatoms. The van der Waals surface area contributed by atoms with E-state index in [0.29, 0.717) is 55.7 Å². The minimum atomic E-state index is -0.240. The van der Waals surface area contributed by atoms with Crippen LogP contribution in [-0.4, -0.2) is 36.1 Å². The van der Waals surface area contributed by atoms with Crippen molar-refractivity contribution >= 4 is 17.5 Å². The van der Waals surface area contributed by atoms with Crippen LogP contribution in [0.15, 0.2) is 54.6 Å². The maximum atomic E-state index is 14.0. The van der Waals surface area contributed by atoms with E-state index in [0.717, 1.165) is 5.69 Å². The summed E-state index contributed by atoms with van der Waals surface area (Å²) >= 11 is 0. The van der Waals surface area contributed by atoms with Gasteiger partial charge in [-0.25, -0.2) is 13.8 Å². The van der Waals surface area contributed by atoms with Crippen molar-refractivity contribution in [3.63, 3.8) is 0 Å². The number of aryl methyl sites for hydroxylation is 1. The number of benzene rings is 2. The average molecular weight is 395 g/mol. The number of piperazine rings is 1. The zero-order chi connectivity index (χ0) is 20.2. The highest BCUT2D eigenvalue weighted by Crippen LogP contribution is 2.22. The van der Waals surface area contributed by atoms with E-state index in [4.69, 9.17) is 0 Å². The second-order valence-electron chi connectivity index (χ2n) is 7.07. The minimum absolute atomic E-state index is 0.201. The highest BCUT2D eigenvalue weighted by Gasteiger charge is 2.21. The number of rotatable bonds is 5. The van der Waals surface area contributed by atoms with Gasteiger partial charge in [0.25, 0.3) is 0 Å². The van der Waals surface area contributed by atoms with Gasteiger partial charge in [-0.05, 0) is 25.1 Å². The Balaban J connectivity index is 1.43. The van der Waals surface area contributed by atoms with E-state index in [2.05, 4.69) is 20.2 Å². The zero-order valence-electron chi connectivity index (χ0n) is 16.3. The Morgan fingerprint density at radius 2 is 1.52 bits per heavy atom. The van der Waals surface area contributed by atoms with Crippen LogP contribution in [0.1, 0.15) is 11.3 Å². The molecule has 1 saturated heterocycles. The Hall–Kier alpha value is -3.22. The SMILES string of the molecule is Cc1cc(NCc2ccccc2F)nc(N2CCN(c3ccccc3F)CC2)n1. The van der Waals surface area contributed by atoms with Gasteiger partial charge in [0, 0.05) is 50.0 Å². The maximum Gasteiger partial charge on any atom is 0.227 e. The molecule has 2 aromatic carbocycles. The number of nitrogens with one attached hydrogen (secondary N) is 1. The Morgan fingerprint density at radius 1 is 0.862 bits per heavy atom. The predicted octanol–water partition coefficient (Wildman–Crippen LogP) is 4.00. The van der Waals surface area contributed by atoms with Gasteiger partial charge in [-0.15, -0.1) is 0 Å². The largest absolute Gasteiger partial charge is 0.366 e. The van der Waals surface area contributed by atoms with Gasteiger partial charge in [-0.2, -0.15) is 4.98 Å². The average Bonchev–Trinajstić information content (AvgIpc) is 2.73. The van der Waals surface area contributed by atoms with Crippen LogP contribution < -0.4 is 15.1 Å². The van der Waals surface area contributed by atoms with Crippen LogP contribution in [0.2, 0.25) is 0 Å². The van der Waals surface area contributed by atoms with Crippen molar-refractivity contribution in [1.82, 2.24) is 9.97 Å². The van der Waals surface area contributed by atoms with Crippen molar-refractivity contribution in [3.05, 3.63) is 77.5 Å². The van der Waals surface area contributed by atoms with E-state index < -0.39 is 0 Å². The fourth-order valence-corrected chi connectivity index (χ4v) is 3.47. The molecule has 0 spiro atoms. The van der Waals surface area contributed by atoms with Gasteiger partial charge in [0.2, 0.25) is 5.95 Å². The molecule has 1 aliphatic rings. The third kappa shape index (κ3) is 4.45. The minimum Gasteiger partial charge on any atom is -0.366 e. The van der Waals surface area contributed by atoms with E-state index in [-0.39, 0.29) is 11.6 Å². The zero-order valence-corrected chi connectivity index (χ0v) is 16.3. The lowest BCUT2D eigenvalue weighted by Gasteiger charge is -2.36. The molecule has 1 fully saturated rings. The van der Waals surface area contributed by atoms with Crippen LogP contribution >= 0.6 is 0 Å². The number of para-hydroxylation sites is 1. The van der Waals surface area contributed by atoms with Gasteiger partial charge in [-0.3, -0.25) is 0 Å². The van der Waals surface area contributed by atoms with E-state index in [1.165, 1.54) is 12.1 Å². The van der Waals surface area contributed by atoms with Crippen LogP contribution in [0.4, 0.5) is 26.2 Å². The summed E-state index contributed by atoms with van der Waals surface area (Å²) in [5, 5.41) is 3.19. The third-order valence-electron chi connectivity index (χ3n) is 5.02. The molecule has 0 radical (unpaired) electrons. The summed E-state index contributed by atoms with van der Waals surface area (Å²) in [4.78, 5) is 13.3. The summed E-state index contributed by atoms with van der Waals surface area (Å²) < 4.78 is 27.9. The molecule has 0 bridgehead atoms. The number of halogens is 2. The fourth-order valence-electron chi connectivity index (χ4n) is 3.47. The molecule has 3 aromatic rings. The van der Waals surface area contributed by atoms with E-state index in [1.54, 1.807) is 24.3 Å². The van der Waals surface area contributed by atoms with Crippen molar-refractivity contribution in [1.29, 1.82) is 0 Å². The predicted molar refractivity (Wildman–Crippen MR) is 111 cm³/mol. The molecule has 150 valence electrons. The van der Waals surface area contributed by atoms with Gasteiger partial charge < -0.3 is 15.1 Å². The molecule has 5 nitrogen and oxygen atoms in total. The number of hydrogen-bond donors (Lipinski definition) is 1. The quantitative estimate of drug-likeness (QED) is 0.707. The molecule has 0 saturated carbocycles. The molecule has 1 aromatic heterocycles. The molecular formula is C22H23F2N5. The first-order chi connectivity index (χ1) is 14.1. The van der Waals surface area contributed by atoms with Gasteiger partial charge in [0.15, 0.2) is 0 Å². The molecule has 29 heavy (non-hydrogen) atoms. The van der Waals surface area contributed by atoms with Gasteiger partial charge in [-0.1, -0.05) is 30.3 Å². The number of anilines is 3. The summed E-state index contributed by atoms with van der Waals surface area (Å²) in [5.41, 5.74) is 2.05. The fraction of sp³-hybridized carbons (Fsp3) is 0.273. The Bertz CT molecular complexity index is 986. The second-order valence-corrected chi connectivity index (χ2v) is 7.07. The summed E-state index contributed by atoms with van der Waals surface area (Å²) in [6, 6.07) is 15.4. The lowest BCUT2D eigenvalue weighted by atomic mass is 10.2. The van der Waals surface area contributed by atoms with Crippen molar-refractivity contribution in [3.8, 4) is 0 Å². The topological polar surface area (TPSA) is 44.3 Å². The molecule has 4 rings (SSSR count). The number of aromatic nitrogens is 2. The van der Waals surface area contributed by atoms with Crippen LogP contribution in [0.25, 0.3) is 0 Å².